The zero-order chi connectivity index (χ0) is 15.9. The van der Waals surface area contributed by atoms with Crippen LogP contribution in [0.15, 0.2) is 19.0 Å². The Morgan fingerprint density at radius 3 is 3.00 bits per heavy atom. The monoisotopic (exact) mass is 306 g/mol. The first kappa shape index (κ1) is 14.7. The lowest BCUT2D eigenvalue weighted by molar-refractivity contribution is -0.0953. The summed E-state index contributed by atoms with van der Waals surface area (Å²) in [5.74, 6) is 0.617. The molecule has 5 N–H and O–H groups in total. The van der Waals surface area contributed by atoms with Gasteiger partial charge in [-0.25, -0.2) is 4.98 Å². The van der Waals surface area contributed by atoms with E-state index in [1.165, 1.54) is 6.08 Å². The van der Waals surface area contributed by atoms with E-state index >= 15 is 0 Å². The SMILES string of the molecule is C=C[C@]1(CO)O[C@@H](n2cnc3c(NC)nc(N)nc32)C[C@@H]1O. The van der Waals surface area contributed by atoms with Crippen molar-refractivity contribution in [1.82, 2.24) is 19.5 Å². The number of hydrogen-bond acceptors (Lipinski definition) is 8. The van der Waals surface area contributed by atoms with Crippen molar-refractivity contribution in [3.8, 4) is 0 Å². The second-order valence-corrected chi connectivity index (χ2v) is 5.15. The smallest absolute Gasteiger partial charge is 0.224 e. The Balaban J connectivity index is 2.05. The van der Waals surface area contributed by atoms with Crippen molar-refractivity contribution in [2.24, 2.45) is 0 Å². The van der Waals surface area contributed by atoms with Crippen LogP contribution in [-0.4, -0.2) is 55.1 Å². The van der Waals surface area contributed by atoms with Crippen LogP contribution in [0.25, 0.3) is 11.2 Å². The normalized spacial score (nSPS) is 28.1. The molecular weight excluding hydrogens is 288 g/mol. The van der Waals surface area contributed by atoms with E-state index in [4.69, 9.17) is 10.5 Å². The topological polar surface area (TPSA) is 131 Å². The van der Waals surface area contributed by atoms with E-state index in [2.05, 4.69) is 26.8 Å². The maximum atomic E-state index is 10.2. The minimum absolute atomic E-state index is 0.106. The van der Waals surface area contributed by atoms with Crippen LogP contribution in [0.3, 0.4) is 0 Å². The molecule has 1 aliphatic rings. The first-order valence-corrected chi connectivity index (χ1v) is 6.82. The Labute approximate surface area is 126 Å². The van der Waals surface area contributed by atoms with Crippen LogP contribution in [0.2, 0.25) is 0 Å². The molecule has 0 unspecified atom stereocenters. The van der Waals surface area contributed by atoms with Crippen LogP contribution in [0, 0.1) is 0 Å². The number of aromatic nitrogens is 4. The second kappa shape index (κ2) is 5.20. The zero-order valence-electron chi connectivity index (χ0n) is 12.1. The molecule has 118 valence electrons. The van der Waals surface area contributed by atoms with Gasteiger partial charge in [-0.2, -0.15) is 9.97 Å². The van der Waals surface area contributed by atoms with E-state index in [9.17, 15) is 10.2 Å². The van der Waals surface area contributed by atoms with Crippen LogP contribution >= 0.6 is 0 Å². The molecule has 1 aliphatic heterocycles. The van der Waals surface area contributed by atoms with Gasteiger partial charge in [0.05, 0.1) is 19.0 Å². The van der Waals surface area contributed by atoms with Gasteiger partial charge >= 0.3 is 0 Å². The maximum absolute atomic E-state index is 10.2. The van der Waals surface area contributed by atoms with Crippen molar-refractivity contribution in [3.05, 3.63) is 19.0 Å². The molecule has 0 aromatic carbocycles. The number of rotatable bonds is 4. The number of aliphatic hydroxyl groups is 2. The quantitative estimate of drug-likeness (QED) is 0.563. The Morgan fingerprint density at radius 2 is 2.41 bits per heavy atom. The summed E-state index contributed by atoms with van der Waals surface area (Å²) in [6.45, 7) is 3.27. The van der Waals surface area contributed by atoms with Crippen LogP contribution < -0.4 is 11.1 Å². The Morgan fingerprint density at radius 1 is 1.64 bits per heavy atom. The number of imidazole rings is 1. The van der Waals surface area contributed by atoms with Gasteiger partial charge in [0.15, 0.2) is 17.0 Å². The Hall–Kier alpha value is -2.23. The van der Waals surface area contributed by atoms with Crippen molar-refractivity contribution < 1.29 is 14.9 Å². The molecule has 3 atom stereocenters. The molecule has 2 aromatic heterocycles. The average Bonchev–Trinajstić information content (AvgIpc) is 3.07. The molecule has 0 amide bonds. The van der Waals surface area contributed by atoms with Crippen LogP contribution in [0.1, 0.15) is 12.6 Å². The van der Waals surface area contributed by atoms with Gasteiger partial charge in [-0.3, -0.25) is 4.57 Å². The number of hydrogen-bond donors (Lipinski definition) is 4. The van der Waals surface area contributed by atoms with E-state index in [0.29, 0.717) is 17.0 Å². The van der Waals surface area contributed by atoms with Crippen molar-refractivity contribution in [2.75, 3.05) is 24.7 Å². The standard InChI is InChI=1S/C13H18N6O3/c1-3-13(5-20)7(21)4-8(22-13)19-6-16-9-10(15-2)17-12(14)18-11(9)19/h3,6-8,20-21H,1,4-5H2,2H3,(H3,14,15,17,18)/t7-,8+,13+/m0/s1. The summed E-state index contributed by atoms with van der Waals surface area (Å²) >= 11 is 0. The van der Waals surface area contributed by atoms with Crippen LogP contribution in [0.4, 0.5) is 11.8 Å². The van der Waals surface area contributed by atoms with Crippen LogP contribution in [-0.2, 0) is 4.74 Å². The van der Waals surface area contributed by atoms with Gasteiger partial charge < -0.3 is 26.0 Å². The number of nitrogen functional groups attached to an aromatic ring is 1. The molecule has 1 saturated heterocycles. The maximum Gasteiger partial charge on any atom is 0.224 e. The molecule has 3 heterocycles. The highest BCUT2D eigenvalue weighted by atomic mass is 16.6. The molecule has 2 aromatic rings. The van der Waals surface area contributed by atoms with Gasteiger partial charge in [0.1, 0.15) is 11.8 Å². The van der Waals surface area contributed by atoms with E-state index in [1.54, 1.807) is 17.9 Å². The molecular formula is C13H18N6O3. The molecule has 0 saturated carbocycles. The molecule has 22 heavy (non-hydrogen) atoms. The minimum Gasteiger partial charge on any atom is -0.393 e. The highest BCUT2D eigenvalue weighted by Gasteiger charge is 2.46. The van der Waals surface area contributed by atoms with Crippen molar-refractivity contribution in [2.45, 2.75) is 24.4 Å². The van der Waals surface area contributed by atoms with E-state index in [0.717, 1.165) is 0 Å². The molecule has 1 fully saturated rings. The van der Waals surface area contributed by atoms with Gasteiger partial charge in [0.25, 0.3) is 0 Å². The molecule has 3 rings (SSSR count). The first-order valence-electron chi connectivity index (χ1n) is 6.82. The fourth-order valence-electron chi connectivity index (χ4n) is 2.65. The number of nitrogens with zero attached hydrogens (tertiary/aromatic N) is 4. The second-order valence-electron chi connectivity index (χ2n) is 5.15. The van der Waals surface area contributed by atoms with Gasteiger partial charge in [0, 0.05) is 13.5 Å². The largest absolute Gasteiger partial charge is 0.393 e. The predicted octanol–water partition coefficient (Wildman–Crippen LogP) is -0.353. The summed E-state index contributed by atoms with van der Waals surface area (Å²) in [6, 6.07) is 0. The summed E-state index contributed by atoms with van der Waals surface area (Å²) in [5, 5.41) is 22.6. The summed E-state index contributed by atoms with van der Waals surface area (Å²) < 4.78 is 7.47. The predicted molar refractivity (Wildman–Crippen MR) is 80.0 cm³/mol. The number of nitrogens with two attached hydrogens (primary N) is 1. The third kappa shape index (κ3) is 2.02. The lowest BCUT2D eigenvalue weighted by Crippen LogP contribution is -2.40. The fraction of sp³-hybridized carbons (Fsp3) is 0.462. The van der Waals surface area contributed by atoms with Crippen molar-refractivity contribution in [3.63, 3.8) is 0 Å². The lowest BCUT2D eigenvalue weighted by Gasteiger charge is -2.26. The third-order valence-electron chi connectivity index (χ3n) is 3.92. The van der Waals surface area contributed by atoms with Gasteiger partial charge in [-0.1, -0.05) is 6.08 Å². The highest BCUT2D eigenvalue weighted by Crippen LogP contribution is 2.38. The summed E-state index contributed by atoms with van der Waals surface area (Å²) in [4.78, 5) is 12.5. The molecule has 9 nitrogen and oxygen atoms in total. The number of anilines is 2. The lowest BCUT2D eigenvalue weighted by atomic mass is 9.98. The molecule has 0 radical (unpaired) electrons. The van der Waals surface area contributed by atoms with Gasteiger partial charge in [-0.05, 0) is 0 Å². The van der Waals surface area contributed by atoms with Crippen LogP contribution in [0.5, 0.6) is 0 Å². The number of aliphatic hydroxyl groups excluding tert-OH is 2. The molecule has 0 spiro atoms. The van der Waals surface area contributed by atoms with Gasteiger partial charge in [-0.15, -0.1) is 6.58 Å². The first-order chi connectivity index (χ1) is 10.5. The van der Waals surface area contributed by atoms with E-state index < -0.39 is 17.9 Å². The third-order valence-corrected chi connectivity index (χ3v) is 3.92. The fourth-order valence-corrected chi connectivity index (χ4v) is 2.65. The van der Waals surface area contributed by atoms with Crippen molar-refractivity contribution in [1.29, 1.82) is 0 Å². The average molecular weight is 306 g/mol. The minimum atomic E-state index is -1.19. The Kier molecular flexibility index (Phi) is 3.47. The molecule has 0 aliphatic carbocycles. The van der Waals surface area contributed by atoms with E-state index in [-0.39, 0.29) is 19.0 Å². The zero-order valence-corrected chi connectivity index (χ0v) is 12.1. The van der Waals surface area contributed by atoms with E-state index in [1.807, 2.05) is 0 Å². The van der Waals surface area contributed by atoms with Crippen molar-refractivity contribution >= 4 is 22.9 Å². The Bertz CT molecular complexity index is 717. The summed E-state index contributed by atoms with van der Waals surface area (Å²) in [6.07, 6.45) is 1.83. The number of ether oxygens (including phenoxy) is 1. The van der Waals surface area contributed by atoms with Gasteiger partial charge in [0.2, 0.25) is 5.95 Å². The number of nitrogens with one attached hydrogen (secondary N) is 1. The highest BCUT2D eigenvalue weighted by molar-refractivity contribution is 5.84. The molecule has 0 bridgehead atoms. The summed E-state index contributed by atoms with van der Waals surface area (Å²) in [7, 11) is 1.71. The summed E-state index contributed by atoms with van der Waals surface area (Å²) in [5.41, 5.74) is 5.56. The molecule has 9 heteroatoms. The number of fused-ring (bicyclic) bond motifs is 1.